The van der Waals surface area contributed by atoms with Crippen LogP contribution in [-0.2, 0) is 4.18 Å². The second kappa shape index (κ2) is 2.29. The summed E-state index contributed by atoms with van der Waals surface area (Å²) in [7, 11) is 0. The van der Waals surface area contributed by atoms with E-state index in [-0.39, 0.29) is 6.10 Å². The SMILES string of the molecule is CC1OSc2ccccc21. The molecule has 0 radical (unpaired) electrons. The molecule has 0 bridgehead atoms. The molecule has 0 saturated carbocycles. The first-order valence-corrected chi connectivity index (χ1v) is 4.04. The van der Waals surface area contributed by atoms with Gasteiger partial charge < -0.3 is 4.18 Å². The third-order valence-electron chi connectivity index (χ3n) is 1.64. The van der Waals surface area contributed by atoms with Gasteiger partial charge in [0.1, 0.15) is 0 Å². The standard InChI is InChI=1S/C8H8OS/c1-6-7-4-2-3-5-8(7)10-9-6/h2-6H,1H3. The minimum absolute atomic E-state index is 0.265. The second-order valence-electron chi connectivity index (χ2n) is 2.36. The molecule has 1 atom stereocenters. The number of hydrogen-bond acceptors (Lipinski definition) is 2. The van der Waals surface area contributed by atoms with Gasteiger partial charge in [-0.05, 0) is 18.6 Å². The van der Waals surface area contributed by atoms with E-state index in [0.29, 0.717) is 0 Å². The van der Waals surface area contributed by atoms with Crippen LogP contribution < -0.4 is 0 Å². The monoisotopic (exact) mass is 152 g/mol. The quantitative estimate of drug-likeness (QED) is 0.529. The van der Waals surface area contributed by atoms with E-state index in [1.807, 2.05) is 12.1 Å². The predicted octanol–water partition coefficient (Wildman–Crippen LogP) is 2.78. The average Bonchev–Trinajstić information content (AvgIpc) is 2.34. The van der Waals surface area contributed by atoms with Crippen molar-refractivity contribution in [2.45, 2.75) is 17.9 Å². The van der Waals surface area contributed by atoms with Crippen LogP contribution in [-0.4, -0.2) is 0 Å². The highest BCUT2D eigenvalue weighted by Crippen LogP contribution is 2.40. The molecule has 0 fully saturated rings. The number of rotatable bonds is 0. The van der Waals surface area contributed by atoms with Crippen molar-refractivity contribution in [1.29, 1.82) is 0 Å². The molecule has 0 aromatic heterocycles. The number of benzene rings is 1. The molecule has 52 valence electrons. The predicted molar refractivity (Wildman–Crippen MR) is 41.8 cm³/mol. The highest BCUT2D eigenvalue weighted by Gasteiger charge is 2.18. The molecule has 1 aromatic carbocycles. The van der Waals surface area contributed by atoms with Crippen LogP contribution in [0.2, 0.25) is 0 Å². The Bertz CT molecular complexity index is 247. The van der Waals surface area contributed by atoms with E-state index < -0.39 is 0 Å². The maximum absolute atomic E-state index is 5.34. The Labute approximate surface area is 64.6 Å². The fraction of sp³-hybridized carbons (Fsp3) is 0.250. The van der Waals surface area contributed by atoms with Crippen LogP contribution in [0.4, 0.5) is 0 Å². The molecule has 1 aromatic rings. The zero-order chi connectivity index (χ0) is 6.97. The first kappa shape index (κ1) is 6.25. The summed E-state index contributed by atoms with van der Waals surface area (Å²) in [6.45, 7) is 2.07. The molecule has 2 rings (SSSR count). The highest BCUT2D eigenvalue weighted by molar-refractivity contribution is 7.95. The van der Waals surface area contributed by atoms with E-state index in [1.165, 1.54) is 22.5 Å². The normalized spacial score (nSPS) is 22.7. The molecule has 0 N–H and O–H groups in total. The topological polar surface area (TPSA) is 9.23 Å². The van der Waals surface area contributed by atoms with Gasteiger partial charge in [0.2, 0.25) is 0 Å². The lowest BCUT2D eigenvalue weighted by molar-refractivity contribution is 0.286. The lowest BCUT2D eigenvalue weighted by Crippen LogP contribution is -1.85. The van der Waals surface area contributed by atoms with Crippen molar-refractivity contribution in [1.82, 2.24) is 0 Å². The first-order chi connectivity index (χ1) is 4.88. The van der Waals surface area contributed by atoms with Crippen LogP contribution in [0, 0.1) is 0 Å². The Morgan fingerprint density at radius 1 is 1.40 bits per heavy atom. The van der Waals surface area contributed by atoms with Crippen LogP contribution in [0.25, 0.3) is 0 Å². The molecule has 0 spiro atoms. The maximum Gasteiger partial charge on any atom is 0.0960 e. The van der Waals surface area contributed by atoms with Crippen LogP contribution in [0.15, 0.2) is 29.2 Å². The fourth-order valence-corrected chi connectivity index (χ4v) is 1.88. The van der Waals surface area contributed by atoms with Crippen molar-refractivity contribution in [2.75, 3.05) is 0 Å². The molecule has 10 heavy (non-hydrogen) atoms. The molecular formula is C8H8OS. The summed E-state index contributed by atoms with van der Waals surface area (Å²) < 4.78 is 5.34. The van der Waals surface area contributed by atoms with Crippen molar-refractivity contribution in [3.63, 3.8) is 0 Å². The molecule has 1 aliphatic heterocycles. The zero-order valence-electron chi connectivity index (χ0n) is 5.70. The Morgan fingerprint density at radius 2 is 2.20 bits per heavy atom. The molecular weight excluding hydrogens is 144 g/mol. The smallest absolute Gasteiger partial charge is 0.0960 e. The minimum atomic E-state index is 0.265. The Hall–Kier alpha value is -0.470. The number of fused-ring (bicyclic) bond motifs is 1. The second-order valence-corrected chi connectivity index (χ2v) is 3.16. The summed E-state index contributed by atoms with van der Waals surface area (Å²) in [5.41, 5.74) is 1.31. The molecule has 0 amide bonds. The maximum atomic E-state index is 5.34. The first-order valence-electron chi connectivity index (χ1n) is 3.30. The summed E-state index contributed by atoms with van der Waals surface area (Å²) >= 11 is 1.48. The molecule has 0 saturated heterocycles. The summed E-state index contributed by atoms with van der Waals surface area (Å²) in [5.74, 6) is 0. The largest absolute Gasteiger partial charge is 0.302 e. The van der Waals surface area contributed by atoms with Crippen molar-refractivity contribution >= 4 is 12.0 Å². The van der Waals surface area contributed by atoms with Crippen LogP contribution in [0.1, 0.15) is 18.6 Å². The van der Waals surface area contributed by atoms with Crippen LogP contribution in [0.5, 0.6) is 0 Å². The Morgan fingerprint density at radius 3 is 3.00 bits per heavy atom. The van der Waals surface area contributed by atoms with E-state index in [4.69, 9.17) is 4.18 Å². The molecule has 2 heteroatoms. The van der Waals surface area contributed by atoms with Gasteiger partial charge in [0, 0.05) is 16.9 Å². The summed E-state index contributed by atoms with van der Waals surface area (Å²) in [6.07, 6.45) is 0.265. The Balaban J connectivity index is 2.51. The summed E-state index contributed by atoms with van der Waals surface area (Å²) in [6, 6.07) is 8.28. The average molecular weight is 152 g/mol. The van der Waals surface area contributed by atoms with E-state index in [1.54, 1.807) is 0 Å². The fourth-order valence-electron chi connectivity index (χ4n) is 1.07. The van der Waals surface area contributed by atoms with Gasteiger partial charge in [-0.1, -0.05) is 18.2 Å². The van der Waals surface area contributed by atoms with E-state index >= 15 is 0 Å². The van der Waals surface area contributed by atoms with Crippen LogP contribution in [0.3, 0.4) is 0 Å². The van der Waals surface area contributed by atoms with Gasteiger partial charge in [-0.15, -0.1) is 0 Å². The van der Waals surface area contributed by atoms with E-state index in [9.17, 15) is 0 Å². The van der Waals surface area contributed by atoms with E-state index in [2.05, 4.69) is 19.1 Å². The third-order valence-corrected chi connectivity index (χ3v) is 2.58. The van der Waals surface area contributed by atoms with Gasteiger partial charge in [-0.3, -0.25) is 0 Å². The zero-order valence-corrected chi connectivity index (χ0v) is 6.52. The Kier molecular flexibility index (Phi) is 1.43. The van der Waals surface area contributed by atoms with Gasteiger partial charge in [0.25, 0.3) is 0 Å². The third kappa shape index (κ3) is 0.842. The van der Waals surface area contributed by atoms with Crippen molar-refractivity contribution in [2.24, 2.45) is 0 Å². The van der Waals surface area contributed by atoms with Gasteiger partial charge >= 0.3 is 0 Å². The lowest BCUT2D eigenvalue weighted by Gasteiger charge is -1.98. The van der Waals surface area contributed by atoms with Gasteiger partial charge in [-0.25, -0.2) is 0 Å². The van der Waals surface area contributed by atoms with Crippen molar-refractivity contribution in [3.8, 4) is 0 Å². The molecule has 1 heterocycles. The molecule has 1 nitrogen and oxygen atoms in total. The highest BCUT2D eigenvalue weighted by atomic mass is 32.2. The molecule has 1 aliphatic rings. The van der Waals surface area contributed by atoms with E-state index in [0.717, 1.165) is 0 Å². The summed E-state index contributed by atoms with van der Waals surface area (Å²) in [4.78, 5) is 1.26. The van der Waals surface area contributed by atoms with Gasteiger partial charge in [0.15, 0.2) is 0 Å². The van der Waals surface area contributed by atoms with Gasteiger partial charge in [0.05, 0.1) is 6.10 Å². The number of hydrogen-bond donors (Lipinski definition) is 0. The van der Waals surface area contributed by atoms with Crippen LogP contribution >= 0.6 is 12.0 Å². The molecule has 1 unspecified atom stereocenters. The molecule has 0 aliphatic carbocycles. The lowest BCUT2D eigenvalue weighted by atomic mass is 10.1. The summed E-state index contributed by atoms with van der Waals surface area (Å²) in [5, 5.41) is 0. The van der Waals surface area contributed by atoms with Crippen molar-refractivity contribution in [3.05, 3.63) is 29.8 Å². The van der Waals surface area contributed by atoms with Crippen molar-refractivity contribution < 1.29 is 4.18 Å². The minimum Gasteiger partial charge on any atom is -0.302 e. The van der Waals surface area contributed by atoms with Gasteiger partial charge in [-0.2, -0.15) is 0 Å².